The topological polar surface area (TPSA) is 258 Å². The van der Waals surface area contributed by atoms with Gasteiger partial charge >= 0.3 is 0 Å². The van der Waals surface area contributed by atoms with Gasteiger partial charge < -0.3 is 55.1 Å². The molecule has 0 aromatic carbocycles. The van der Waals surface area contributed by atoms with Crippen molar-refractivity contribution in [3.63, 3.8) is 0 Å². The van der Waals surface area contributed by atoms with E-state index in [1.54, 1.807) is 6.92 Å². The van der Waals surface area contributed by atoms with E-state index in [-0.39, 0.29) is 17.9 Å². The zero-order valence-electron chi connectivity index (χ0n) is 21.1. The van der Waals surface area contributed by atoms with Crippen molar-refractivity contribution in [3.05, 3.63) is 0 Å². The average Bonchev–Trinajstić information content (AvgIpc) is 3.13. The van der Waals surface area contributed by atoms with Crippen LogP contribution in [0.5, 0.6) is 0 Å². The van der Waals surface area contributed by atoms with E-state index in [2.05, 4.69) is 0 Å². The predicted octanol–water partition coefficient (Wildman–Crippen LogP) is -4.41. The van der Waals surface area contributed by atoms with Crippen LogP contribution in [0.2, 0.25) is 0 Å². The molecule has 2 heterocycles. The Bertz CT molecular complexity index is 890. The van der Waals surface area contributed by atoms with Crippen molar-refractivity contribution in [2.75, 3.05) is 31.3 Å². The normalized spacial score (nSPS) is 37.2. The number of sulfone groups is 2. The van der Waals surface area contributed by atoms with Crippen molar-refractivity contribution < 1.29 is 71.9 Å². The van der Waals surface area contributed by atoms with Crippen LogP contribution in [-0.2, 0) is 33.9 Å². The number of rotatable bonds is 10. The summed E-state index contributed by atoms with van der Waals surface area (Å²) in [4.78, 5) is 0. The summed E-state index contributed by atoms with van der Waals surface area (Å²) < 4.78 is 60.5. The highest BCUT2D eigenvalue weighted by molar-refractivity contribution is 8.10. The van der Waals surface area contributed by atoms with Gasteiger partial charge in [0, 0.05) is 11.5 Å². The van der Waals surface area contributed by atoms with E-state index < -0.39 is 98.4 Å². The van der Waals surface area contributed by atoms with Crippen LogP contribution in [0, 0.1) is 0 Å². The van der Waals surface area contributed by atoms with E-state index in [1.165, 1.54) is 20.8 Å². The largest absolute Gasteiger partial charge is 0.394 e. The van der Waals surface area contributed by atoms with Crippen LogP contribution in [0.15, 0.2) is 0 Å². The Morgan fingerprint density at radius 2 is 1.27 bits per heavy atom. The molecule has 2 saturated heterocycles. The fourth-order valence-corrected chi connectivity index (χ4v) is 8.23. The van der Waals surface area contributed by atoms with E-state index in [0.717, 1.165) is 0 Å². The van der Waals surface area contributed by atoms with Gasteiger partial charge in [0.15, 0.2) is 30.0 Å². The van der Waals surface area contributed by atoms with Gasteiger partial charge in [-0.3, -0.25) is 0 Å². The lowest BCUT2D eigenvalue weighted by atomic mass is 9.99. The molecule has 9 atom stereocenters. The first-order valence-electron chi connectivity index (χ1n) is 11.7. The number of aliphatic hydroxyl groups is 8. The number of ether oxygens (including phenoxy) is 3. The molecule has 0 aliphatic carbocycles. The molecule has 17 heteroatoms. The molecule has 0 amide bonds. The van der Waals surface area contributed by atoms with Crippen LogP contribution in [0.3, 0.4) is 0 Å². The molecule has 0 aromatic rings. The van der Waals surface area contributed by atoms with Gasteiger partial charge in [0.25, 0.3) is 0 Å². The molecule has 0 spiro atoms. The van der Waals surface area contributed by atoms with Crippen molar-refractivity contribution in [2.24, 2.45) is 0 Å². The monoisotopic (exact) mass is 584 g/mol. The van der Waals surface area contributed by atoms with E-state index in [9.17, 15) is 47.5 Å². The lowest BCUT2D eigenvalue weighted by molar-refractivity contribution is -0.383. The van der Waals surface area contributed by atoms with Gasteiger partial charge in [-0.15, -0.1) is 0 Å². The molecule has 8 N–H and O–H groups in total. The van der Waals surface area contributed by atoms with E-state index in [0.29, 0.717) is 0 Å². The molecular formula is C20H40O15S2. The minimum atomic E-state index is -3.57. The zero-order valence-corrected chi connectivity index (χ0v) is 22.7. The number of hydrogen-bond acceptors (Lipinski definition) is 15. The molecule has 15 nitrogen and oxygen atoms in total. The SMILES string of the molecule is CCC(C)(S(=O)(=O)CC)S(=O)(=O)CC.OC[C@H]1O[C@@](CO)(O[C@H]2O[C@H](CO)[C@@H](O)[C@H](O)[C@H]2O)[C@@H](O)[C@@H]1O. The smallest absolute Gasteiger partial charge is 0.224 e. The molecule has 222 valence electrons. The Morgan fingerprint density at radius 1 is 0.784 bits per heavy atom. The summed E-state index contributed by atoms with van der Waals surface area (Å²) in [6.45, 7) is 3.49. The number of aliphatic hydroxyl groups excluding tert-OH is 8. The first-order chi connectivity index (χ1) is 17.0. The standard InChI is InChI=1S/C12H22O11.C8H18O4S2/c13-1-4-6(16)8(18)9(19)11(21-4)23-12(3-15)10(20)7(17)5(2-14)22-12;1-5-8(4,13(9,10)6-2)14(11,12)7-3/h4-11,13-20H,1-3H2;5-7H2,1-4H3/t4-,5-,6-,7-,8+,9-,10+,11-,12+;/m1./s1. The summed E-state index contributed by atoms with van der Waals surface area (Å²) in [6.07, 6.45) is -12.6. The fourth-order valence-electron chi connectivity index (χ4n) is 3.88. The summed E-state index contributed by atoms with van der Waals surface area (Å²) >= 11 is 0. The van der Waals surface area contributed by atoms with E-state index in [1.807, 2.05) is 0 Å². The molecule has 2 aliphatic heterocycles. The van der Waals surface area contributed by atoms with Gasteiger partial charge in [0.2, 0.25) is 5.79 Å². The minimum Gasteiger partial charge on any atom is -0.394 e. The average molecular weight is 585 g/mol. The molecule has 0 bridgehead atoms. The second kappa shape index (κ2) is 13.2. The highest BCUT2D eigenvalue weighted by atomic mass is 32.3. The molecule has 2 rings (SSSR count). The van der Waals surface area contributed by atoms with Crippen LogP contribution in [-0.4, -0.2) is 148 Å². The third kappa shape index (κ3) is 6.62. The summed E-state index contributed by atoms with van der Waals surface area (Å²) in [7, 11) is -7.14. The molecule has 2 aliphatic rings. The van der Waals surface area contributed by atoms with Gasteiger partial charge in [0.05, 0.1) is 13.2 Å². The van der Waals surface area contributed by atoms with Crippen LogP contribution in [0.4, 0.5) is 0 Å². The van der Waals surface area contributed by atoms with E-state index in [4.69, 9.17) is 24.4 Å². The van der Waals surface area contributed by atoms with Gasteiger partial charge in [-0.05, 0) is 13.3 Å². The first-order valence-corrected chi connectivity index (χ1v) is 15.0. The quantitative estimate of drug-likeness (QED) is 0.121. The fraction of sp³-hybridized carbons (Fsp3) is 1.00. The lowest BCUT2D eigenvalue weighted by Gasteiger charge is -2.43. The van der Waals surface area contributed by atoms with Crippen LogP contribution in [0.1, 0.15) is 34.1 Å². The van der Waals surface area contributed by atoms with Crippen molar-refractivity contribution in [1.82, 2.24) is 0 Å². The molecule has 0 saturated carbocycles. The summed E-state index contributed by atoms with van der Waals surface area (Å²) in [5.41, 5.74) is 0. The third-order valence-electron chi connectivity index (χ3n) is 6.79. The molecular weight excluding hydrogens is 544 g/mol. The van der Waals surface area contributed by atoms with Crippen LogP contribution in [0.25, 0.3) is 0 Å². The maximum absolute atomic E-state index is 11.7. The van der Waals surface area contributed by atoms with Crippen molar-refractivity contribution >= 4 is 19.7 Å². The summed E-state index contributed by atoms with van der Waals surface area (Å²) in [5, 5.41) is 76.7. The number of hydrogen-bond donors (Lipinski definition) is 8. The third-order valence-corrected chi connectivity index (χ3v) is 13.0. The van der Waals surface area contributed by atoms with Gasteiger partial charge in [-0.1, -0.05) is 20.8 Å². The minimum absolute atomic E-state index is 0.0966. The molecule has 0 aromatic heterocycles. The van der Waals surface area contributed by atoms with Crippen molar-refractivity contribution in [1.29, 1.82) is 0 Å². The highest BCUT2D eigenvalue weighted by Crippen LogP contribution is 2.36. The second-order valence-corrected chi connectivity index (χ2v) is 14.5. The molecule has 37 heavy (non-hydrogen) atoms. The summed E-state index contributed by atoms with van der Waals surface area (Å²) in [5.74, 6) is -2.51. The van der Waals surface area contributed by atoms with E-state index >= 15 is 0 Å². The molecule has 0 unspecified atom stereocenters. The zero-order chi connectivity index (χ0) is 29.0. The molecule has 2 fully saturated rings. The van der Waals surface area contributed by atoms with Gasteiger partial charge in [0.1, 0.15) is 49.3 Å². The van der Waals surface area contributed by atoms with Gasteiger partial charge in [-0.25, -0.2) is 16.8 Å². The molecule has 0 radical (unpaired) electrons. The van der Waals surface area contributed by atoms with Gasteiger partial charge in [-0.2, -0.15) is 0 Å². The Labute approximate surface area is 216 Å². The lowest BCUT2D eigenvalue weighted by Crippen LogP contribution is -2.62. The van der Waals surface area contributed by atoms with Crippen molar-refractivity contribution in [3.8, 4) is 0 Å². The maximum atomic E-state index is 11.7. The van der Waals surface area contributed by atoms with Crippen LogP contribution < -0.4 is 0 Å². The predicted molar refractivity (Wildman–Crippen MR) is 126 cm³/mol. The first kappa shape index (κ1) is 34.5. The van der Waals surface area contributed by atoms with Crippen molar-refractivity contribution in [2.45, 2.75) is 93.0 Å². The second-order valence-electron chi connectivity index (χ2n) is 8.85. The Morgan fingerprint density at radius 3 is 1.62 bits per heavy atom. The maximum Gasteiger partial charge on any atom is 0.224 e. The highest BCUT2D eigenvalue weighted by Gasteiger charge is 2.58. The Balaban J connectivity index is 0.000000422. The Kier molecular flexibility index (Phi) is 12.3. The Hall–Kier alpha value is -0.540. The summed E-state index contributed by atoms with van der Waals surface area (Å²) in [6, 6.07) is 0. The van der Waals surface area contributed by atoms with Crippen LogP contribution >= 0.6 is 0 Å².